The molecule has 0 bridgehead atoms. The first-order valence-electron chi connectivity index (χ1n) is 25.5. The van der Waals surface area contributed by atoms with Gasteiger partial charge in [-0.25, -0.2) is 4.99 Å². The first-order chi connectivity index (χ1) is 36.6. The molecule has 11 aromatic carbocycles. The van der Waals surface area contributed by atoms with E-state index in [2.05, 4.69) is 237 Å². The summed E-state index contributed by atoms with van der Waals surface area (Å²) in [5.41, 5.74) is 17.8. The van der Waals surface area contributed by atoms with Gasteiger partial charge in [-0.1, -0.05) is 176 Å². The third kappa shape index (κ3) is 5.57. The summed E-state index contributed by atoms with van der Waals surface area (Å²) in [5.74, 6) is 4.01. The molecule has 346 valence electrons. The van der Waals surface area contributed by atoms with Gasteiger partial charge in [0.2, 0.25) is 0 Å². The molecular weight excluding hydrogens is 901 g/mol. The number of hydrogen-bond donors (Lipinski definition) is 0. The Morgan fingerprint density at radius 2 is 0.824 bits per heavy atom. The van der Waals surface area contributed by atoms with Crippen molar-refractivity contribution in [3.63, 3.8) is 0 Å². The van der Waals surface area contributed by atoms with E-state index in [1.807, 2.05) is 0 Å². The van der Waals surface area contributed by atoms with E-state index in [1.165, 1.54) is 66.1 Å². The van der Waals surface area contributed by atoms with E-state index >= 15 is 0 Å². The molecule has 3 aliphatic heterocycles. The van der Waals surface area contributed by atoms with Crippen LogP contribution in [0, 0.1) is 0 Å². The number of aliphatic imine (C=N–C) groups is 2. The zero-order valence-corrected chi connectivity index (χ0v) is 40.2. The van der Waals surface area contributed by atoms with E-state index in [9.17, 15) is 0 Å². The average molecular weight is 945 g/mol. The minimum absolute atomic E-state index is 0.441. The lowest BCUT2D eigenvalue weighted by atomic mass is 9.65. The van der Waals surface area contributed by atoms with Crippen LogP contribution in [-0.4, -0.2) is 11.5 Å². The summed E-state index contributed by atoms with van der Waals surface area (Å²) < 4.78 is 13.9. The zero-order chi connectivity index (χ0) is 48.7. The van der Waals surface area contributed by atoms with Crippen LogP contribution in [0.1, 0.15) is 73.7 Å². The van der Waals surface area contributed by atoms with Crippen molar-refractivity contribution in [2.45, 2.75) is 23.3 Å². The molecule has 11 aromatic rings. The lowest BCUT2D eigenvalue weighted by molar-refractivity contribution is 0.436. The maximum Gasteiger partial charge on any atom is 0.155 e. The highest BCUT2D eigenvalue weighted by Crippen LogP contribution is 2.65. The van der Waals surface area contributed by atoms with Gasteiger partial charge in [-0.2, -0.15) is 0 Å². The second-order valence-corrected chi connectivity index (χ2v) is 20.4. The third-order valence-electron chi connectivity index (χ3n) is 16.6. The van der Waals surface area contributed by atoms with E-state index in [0.29, 0.717) is 12.3 Å². The molecule has 0 aromatic heterocycles. The fourth-order valence-electron chi connectivity index (χ4n) is 13.5. The van der Waals surface area contributed by atoms with E-state index < -0.39 is 16.9 Å². The molecule has 0 saturated carbocycles. The maximum atomic E-state index is 6.95. The van der Waals surface area contributed by atoms with Crippen molar-refractivity contribution in [2.75, 3.05) is 0 Å². The second kappa shape index (κ2) is 15.3. The first-order valence-corrected chi connectivity index (χ1v) is 25.5. The van der Waals surface area contributed by atoms with Crippen molar-refractivity contribution in [1.29, 1.82) is 0 Å². The molecule has 0 amide bonds. The standard InChI is InChI=1S/C70H44N2O2/c1-42-35-62(43-17-3-2-4-18-43)71-68(49-32-34-66-61(41-49)70(57-28-14-16-30-64(57)74-66)55-26-12-10-24-51(55)53-37-45-20-6-8-22-47(45)39-59(53)70)72-67(42)48-31-33-65-60(40-48)69(56-27-13-15-29-63(56)73-65)54-25-11-9-23-50(54)52-36-44-19-5-7-21-46(44)38-58(52)69/h2-34,36-41,67H,1,35H2. The van der Waals surface area contributed by atoms with Gasteiger partial charge >= 0.3 is 0 Å². The fraction of sp³-hybridized carbons (Fsp3) is 0.0571. The predicted molar refractivity (Wildman–Crippen MR) is 299 cm³/mol. The number of ether oxygens (including phenoxy) is 2. The molecule has 0 fully saturated rings. The molecule has 4 nitrogen and oxygen atoms in total. The van der Waals surface area contributed by atoms with Crippen LogP contribution in [0.4, 0.5) is 0 Å². The third-order valence-corrected chi connectivity index (χ3v) is 16.6. The number of fused-ring (bicyclic) bond motifs is 20. The van der Waals surface area contributed by atoms with Gasteiger partial charge in [0.05, 0.1) is 22.6 Å². The summed E-state index contributed by atoms with van der Waals surface area (Å²) in [6.07, 6.45) is 0.542. The van der Waals surface area contributed by atoms with Crippen molar-refractivity contribution in [3.8, 4) is 45.3 Å². The average Bonchev–Trinajstić information content (AvgIpc) is 3.95. The minimum Gasteiger partial charge on any atom is -0.457 e. The number of rotatable bonds is 3. The molecule has 3 heterocycles. The molecule has 0 radical (unpaired) electrons. The topological polar surface area (TPSA) is 43.2 Å². The molecule has 2 aliphatic carbocycles. The molecular formula is C70H44N2O2. The van der Waals surface area contributed by atoms with Crippen LogP contribution in [0.5, 0.6) is 23.0 Å². The Labute approximate surface area is 428 Å². The summed E-state index contributed by atoms with van der Waals surface area (Å²) in [5, 5.41) is 4.84. The number of benzene rings is 11. The van der Waals surface area contributed by atoms with Gasteiger partial charge in [0.15, 0.2) is 5.84 Å². The van der Waals surface area contributed by atoms with Crippen LogP contribution < -0.4 is 9.47 Å². The van der Waals surface area contributed by atoms with Crippen LogP contribution in [0.25, 0.3) is 43.8 Å². The van der Waals surface area contributed by atoms with Crippen molar-refractivity contribution in [1.82, 2.24) is 0 Å². The minimum atomic E-state index is -0.682. The highest BCUT2D eigenvalue weighted by molar-refractivity contribution is 6.14. The maximum absolute atomic E-state index is 6.95. The molecule has 16 rings (SSSR count). The predicted octanol–water partition coefficient (Wildman–Crippen LogP) is 16.9. The van der Waals surface area contributed by atoms with Crippen molar-refractivity contribution >= 4 is 33.1 Å². The highest BCUT2D eigenvalue weighted by Gasteiger charge is 2.53. The summed E-state index contributed by atoms with van der Waals surface area (Å²) in [6, 6.07) is 85.3. The second-order valence-electron chi connectivity index (χ2n) is 20.4. The largest absolute Gasteiger partial charge is 0.457 e. The Balaban J connectivity index is 0.923. The highest BCUT2D eigenvalue weighted by atomic mass is 16.5. The molecule has 0 saturated heterocycles. The Kier molecular flexibility index (Phi) is 8.54. The van der Waals surface area contributed by atoms with Crippen LogP contribution >= 0.6 is 0 Å². The lowest BCUT2D eigenvalue weighted by Gasteiger charge is -2.40. The van der Waals surface area contributed by atoms with Gasteiger partial charge < -0.3 is 9.47 Å². The van der Waals surface area contributed by atoms with Crippen molar-refractivity contribution in [2.24, 2.45) is 9.98 Å². The van der Waals surface area contributed by atoms with Crippen molar-refractivity contribution < 1.29 is 9.47 Å². The molecule has 2 spiro atoms. The van der Waals surface area contributed by atoms with Crippen molar-refractivity contribution in [3.05, 3.63) is 310 Å². The number of hydrogen-bond acceptors (Lipinski definition) is 4. The van der Waals surface area contributed by atoms with Crippen LogP contribution in [0.2, 0.25) is 0 Å². The van der Waals surface area contributed by atoms with Gasteiger partial charge in [0.25, 0.3) is 0 Å². The molecule has 4 heteroatoms. The van der Waals surface area contributed by atoms with Crippen LogP contribution in [0.3, 0.4) is 0 Å². The van der Waals surface area contributed by atoms with Gasteiger partial charge in [-0.05, 0) is 149 Å². The Morgan fingerprint density at radius 3 is 1.41 bits per heavy atom. The Hall–Kier alpha value is -9.38. The zero-order valence-electron chi connectivity index (χ0n) is 40.2. The number of para-hydroxylation sites is 2. The molecule has 3 atom stereocenters. The Morgan fingerprint density at radius 1 is 0.365 bits per heavy atom. The lowest BCUT2D eigenvalue weighted by Crippen LogP contribution is -2.32. The summed E-state index contributed by atoms with van der Waals surface area (Å²) in [7, 11) is 0. The van der Waals surface area contributed by atoms with E-state index in [-0.39, 0.29) is 0 Å². The van der Waals surface area contributed by atoms with Gasteiger partial charge in [-0.3, -0.25) is 4.99 Å². The van der Waals surface area contributed by atoms with E-state index in [4.69, 9.17) is 26.0 Å². The summed E-state index contributed by atoms with van der Waals surface area (Å²) in [6.45, 7) is 4.87. The van der Waals surface area contributed by atoms with Gasteiger partial charge in [-0.15, -0.1) is 0 Å². The number of nitrogens with zero attached hydrogens (tertiary/aromatic N) is 2. The van der Waals surface area contributed by atoms with E-state index in [0.717, 1.165) is 73.2 Å². The van der Waals surface area contributed by atoms with Crippen LogP contribution in [0.15, 0.2) is 259 Å². The molecule has 3 unspecified atom stereocenters. The molecule has 0 N–H and O–H groups in total. The molecule has 5 aliphatic rings. The first kappa shape index (κ1) is 41.3. The molecule has 74 heavy (non-hydrogen) atoms. The number of amidine groups is 1. The fourth-order valence-corrected chi connectivity index (χ4v) is 13.5. The summed E-state index contributed by atoms with van der Waals surface area (Å²) in [4.78, 5) is 11.4. The normalized spacial score (nSPS) is 19.1. The van der Waals surface area contributed by atoms with Gasteiger partial charge in [0.1, 0.15) is 23.0 Å². The van der Waals surface area contributed by atoms with Crippen LogP contribution in [-0.2, 0) is 10.8 Å². The van der Waals surface area contributed by atoms with Gasteiger partial charge in [0, 0.05) is 34.2 Å². The SMILES string of the molecule is C=C1CC(c2ccccc2)=NC(c2ccc3c(c2)C2(c4ccccc4O3)c3ccccc3-c3cc4ccccc4cc32)=NC1c1ccc2c(c1)C1(c3ccccc3O2)c2ccccc2-c2cc3ccccc3cc21. The smallest absolute Gasteiger partial charge is 0.155 e. The van der Waals surface area contributed by atoms with E-state index in [1.54, 1.807) is 0 Å². The summed E-state index contributed by atoms with van der Waals surface area (Å²) >= 11 is 0. The quantitative estimate of drug-likeness (QED) is 0.166. The monoisotopic (exact) mass is 944 g/mol. The Bertz CT molecular complexity index is 4340.